The molecular formula is C14H7BrF2N2O. The lowest BCUT2D eigenvalue weighted by molar-refractivity contribution is 0.102. The Balaban J connectivity index is 2.31. The van der Waals surface area contributed by atoms with E-state index in [0.717, 1.165) is 12.1 Å². The fraction of sp³-hybridized carbons (Fsp3) is 0. The van der Waals surface area contributed by atoms with E-state index in [9.17, 15) is 13.6 Å². The number of amides is 1. The minimum absolute atomic E-state index is 0.144. The van der Waals surface area contributed by atoms with Crippen molar-refractivity contribution in [3.05, 3.63) is 63.6 Å². The molecule has 0 spiro atoms. The van der Waals surface area contributed by atoms with Crippen LogP contribution in [0.4, 0.5) is 14.5 Å². The van der Waals surface area contributed by atoms with Crippen LogP contribution in [0.15, 0.2) is 40.9 Å². The van der Waals surface area contributed by atoms with Crippen LogP contribution in [0.2, 0.25) is 0 Å². The number of anilines is 1. The third-order valence-electron chi connectivity index (χ3n) is 2.50. The summed E-state index contributed by atoms with van der Waals surface area (Å²) in [7, 11) is 0. The van der Waals surface area contributed by atoms with Crippen molar-refractivity contribution in [1.29, 1.82) is 5.26 Å². The maximum absolute atomic E-state index is 13.6. The smallest absolute Gasteiger partial charge is 0.255 e. The first kappa shape index (κ1) is 14.2. The molecule has 20 heavy (non-hydrogen) atoms. The van der Waals surface area contributed by atoms with Crippen molar-refractivity contribution in [3.8, 4) is 6.07 Å². The summed E-state index contributed by atoms with van der Waals surface area (Å²) in [5.41, 5.74) is -0.0965. The monoisotopic (exact) mass is 336 g/mol. The predicted octanol–water partition coefficient (Wildman–Crippen LogP) is 3.85. The van der Waals surface area contributed by atoms with Crippen LogP contribution >= 0.6 is 15.9 Å². The van der Waals surface area contributed by atoms with Crippen LogP contribution in [0.1, 0.15) is 15.9 Å². The summed E-state index contributed by atoms with van der Waals surface area (Å²) in [4.78, 5) is 11.9. The van der Waals surface area contributed by atoms with Gasteiger partial charge in [0.25, 0.3) is 5.91 Å². The van der Waals surface area contributed by atoms with Crippen LogP contribution < -0.4 is 5.32 Å². The highest BCUT2D eigenvalue weighted by molar-refractivity contribution is 9.10. The second kappa shape index (κ2) is 5.80. The highest BCUT2D eigenvalue weighted by Gasteiger charge is 2.15. The van der Waals surface area contributed by atoms with Crippen molar-refractivity contribution < 1.29 is 13.6 Å². The van der Waals surface area contributed by atoms with Gasteiger partial charge in [0, 0.05) is 10.0 Å². The highest BCUT2D eigenvalue weighted by Crippen LogP contribution is 2.24. The molecule has 0 bridgehead atoms. The third-order valence-corrected chi connectivity index (χ3v) is 2.96. The molecule has 3 nitrogen and oxygen atoms in total. The molecule has 0 aliphatic rings. The number of nitrogens with one attached hydrogen (secondary N) is 1. The van der Waals surface area contributed by atoms with E-state index in [0.29, 0.717) is 0 Å². The topological polar surface area (TPSA) is 52.9 Å². The molecule has 0 saturated heterocycles. The number of hydrogen-bond acceptors (Lipinski definition) is 2. The van der Waals surface area contributed by atoms with Crippen LogP contribution in [0.3, 0.4) is 0 Å². The minimum Gasteiger partial charge on any atom is -0.317 e. The largest absolute Gasteiger partial charge is 0.317 e. The van der Waals surface area contributed by atoms with E-state index in [1.165, 1.54) is 24.3 Å². The summed E-state index contributed by atoms with van der Waals surface area (Å²) in [6.07, 6.45) is 0. The average Bonchev–Trinajstić information content (AvgIpc) is 2.42. The molecular weight excluding hydrogens is 330 g/mol. The van der Waals surface area contributed by atoms with E-state index in [1.54, 1.807) is 0 Å². The molecule has 1 amide bonds. The summed E-state index contributed by atoms with van der Waals surface area (Å²) >= 11 is 2.95. The third kappa shape index (κ3) is 3.00. The van der Waals surface area contributed by atoms with E-state index in [2.05, 4.69) is 21.2 Å². The van der Waals surface area contributed by atoms with E-state index < -0.39 is 23.2 Å². The fourth-order valence-electron chi connectivity index (χ4n) is 1.58. The lowest BCUT2D eigenvalue weighted by Crippen LogP contribution is -2.14. The number of nitriles is 1. The number of halogens is 3. The molecule has 100 valence electrons. The number of hydrogen-bond donors (Lipinski definition) is 1. The Bertz CT molecular complexity index is 702. The number of carbonyl (C=O) groups is 1. The van der Waals surface area contributed by atoms with Gasteiger partial charge in [-0.05, 0) is 30.3 Å². The van der Waals surface area contributed by atoms with Crippen molar-refractivity contribution in [2.24, 2.45) is 0 Å². The van der Waals surface area contributed by atoms with E-state index >= 15 is 0 Å². The van der Waals surface area contributed by atoms with E-state index in [1.807, 2.05) is 6.07 Å². The summed E-state index contributed by atoms with van der Waals surface area (Å²) in [5, 5.41) is 10.9. The zero-order valence-electron chi connectivity index (χ0n) is 9.95. The molecule has 0 unspecified atom stereocenters. The van der Waals surface area contributed by atoms with Crippen LogP contribution in [0.5, 0.6) is 0 Å². The van der Waals surface area contributed by atoms with Crippen LogP contribution in [-0.2, 0) is 0 Å². The fourth-order valence-corrected chi connectivity index (χ4v) is 1.98. The molecule has 2 rings (SSSR count). The van der Waals surface area contributed by atoms with Gasteiger partial charge in [-0.25, -0.2) is 8.78 Å². The van der Waals surface area contributed by atoms with Gasteiger partial charge < -0.3 is 5.32 Å². The van der Waals surface area contributed by atoms with Gasteiger partial charge in [0.05, 0.1) is 11.6 Å². The average molecular weight is 337 g/mol. The van der Waals surface area contributed by atoms with E-state index in [-0.39, 0.29) is 15.6 Å². The second-order valence-corrected chi connectivity index (χ2v) is 4.81. The molecule has 0 fully saturated rings. The Morgan fingerprint density at radius 2 is 1.85 bits per heavy atom. The minimum atomic E-state index is -0.887. The molecule has 1 N–H and O–H groups in total. The molecule has 0 aromatic heterocycles. The van der Waals surface area contributed by atoms with Crippen molar-refractivity contribution in [3.63, 3.8) is 0 Å². The predicted molar refractivity (Wildman–Crippen MR) is 73.2 cm³/mol. The molecule has 0 aliphatic heterocycles. The van der Waals surface area contributed by atoms with Crippen molar-refractivity contribution in [2.45, 2.75) is 0 Å². The lowest BCUT2D eigenvalue weighted by Gasteiger charge is -2.08. The second-order valence-electron chi connectivity index (χ2n) is 3.89. The Kier molecular flexibility index (Phi) is 4.11. The van der Waals surface area contributed by atoms with Gasteiger partial charge in [0.2, 0.25) is 0 Å². The van der Waals surface area contributed by atoms with Gasteiger partial charge in [-0.3, -0.25) is 4.79 Å². The number of benzene rings is 2. The van der Waals surface area contributed by atoms with Gasteiger partial charge in [-0.2, -0.15) is 5.26 Å². The summed E-state index contributed by atoms with van der Waals surface area (Å²) < 4.78 is 27.4. The molecule has 0 heterocycles. The van der Waals surface area contributed by atoms with E-state index in [4.69, 9.17) is 5.26 Å². The zero-order chi connectivity index (χ0) is 14.7. The number of carbonyl (C=O) groups excluding carboxylic acids is 1. The maximum Gasteiger partial charge on any atom is 0.255 e. The SMILES string of the molecule is N#Cc1cccc(C(=O)Nc2c(F)cc(Br)cc2F)c1. The Hall–Kier alpha value is -2.26. The van der Waals surface area contributed by atoms with Crippen LogP contribution in [0.25, 0.3) is 0 Å². The maximum atomic E-state index is 13.6. The van der Waals surface area contributed by atoms with Gasteiger partial charge in [0.15, 0.2) is 11.6 Å². The Morgan fingerprint density at radius 1 is 1.20 bits per heavy atom. The first-order valence-corrected chi connectivity index (χ1v) is 6.26. The highest BCUT2D eigenvalue weighted by atomic mass is 79.9. The number of nitrogens with zero attached hydrogens (tertiary/aromatic N) is 1. The van der Waals surface area contributed by atoms with Crippen molar-refractivity contribution >= 4 is 27.5 Å². The summed E-state index contributed by atoms with van der Waals surface area (Å²) in [5.74, 6) is -2.47. The van der Waals surface area contributed by atoms with Crippen LogP contribution in [0, 0.1) is 23.0 Å². The molecule has 0 saturated carbocycles. The number of rotatable bonds is 2. The van der Waals surface area contributed by atoms with Gasteiger partial charge in [-0.1, -0.05) is 22.0 Å². The van der Waals surface area contributed by atoms with Crippen LogP contribution in [-0.4, -0.2) is 5.91 Å². The van der Waals surface area contributed by atoms with Gasteiger partial charge >= 0.3 is 0 Å². The van der Waals surface area contributed by atoms with Crippen molar-refractivity contribution in [2.75, 3.05) is 5.32 Å². The zero-order valence-corrected chi connectivity index (χ0v) is 11.5. The van der Waals surface area contributed by atoms with Gasteiger partial charge in [-0.15, -0.1) is 0 Å². The van der Waals surface area contributed by atoms with Crippen molar-refractivity contribution in [1.82, 2.24) is 0 Å². The van der Waals surface area contributed by atoms with Gasteiger partial charge in [0.1, 0.15) is 5.69 Å². The quantitative estimate of drug-likeness (QED) is 0.905. The Labute approximate surface area is 122 Å². The summed E-state index contributed by atoms with van der Waals surface area (Å²) in [6, 6.07) is 9.80. The lowest BCUT2D eigenvalue weighted by atomic mass is 10.1. The molecule has 2 aromatic carbocycles. The first-order chi connectivity index (χ1) is 9.51. The normalized spacial score (nSPS) is 9.90. The molecule has 0 atom stereocenters. The molecule has 6 heteroatoms. The molecule has 2 aromatic rings. The standard InChI is InChI=1S/C14H7BrF2N2O/c15-10-5-11(16)13(12(17)6-10)19-14(20)9-3-1-2-8(4-9)7-18/h1-6H,(H,19,20). The summed E-state index contributed by atoms with van der Waals surface area (Å²) in [6.45, 7) is 0. The molecule has 0 aliphatic carbocycles. The first-order valence-electron chi connectivity index (χ1n) is 5.47. The Morgan fingerprint density at radius 3 is 2.45 bits per heavy atom. The molecule has 0 radical (unpaired) electrons.